The highest BCUT2D eigenvalue weighted by molar-refractivity contribution is 5.92. The summed E-state index contributed by atoms with van der Waals surface area (Å²) in [5, 5.41) is 0. The summed E-state index contributed by atoms with van der Waals surface area (Å²) in [5.74, 6) is -0.453. The summed E-state index contributed by atoms with van der Waals surface area (Å²) in [6.07, 6.45) is 0.936. The summed E-state index contributed by atoms with van der Waals surface area (Å²) in [7, 11) is 0. The number of nitrogens with zero attached hydrogens (tertiary/aromatic N) is 2. The van der Waals surface area contributed by atoms with Crippen LogP contribution >= 0.6 is 0 Å². The van der Waals surface area contributed by atoms with Crippen molar-refractivity contribution in [3.63, 3.8) is 0 Å². The molecule has 1 amide bonds. The van der Waals surface area contributed by atoms with Gasteiger partial charge in [-0.25, -0.2) is 4.98 Å². The smallest absolute Gasteiger partial charge is 0.272 e. The molecule has 0 radical (unpaired) electrons. The first kappa shape index (κ1) is 12.8. The van der Waals surface area contributed by atoms with E-state index in [1.54, 1.807) is 11.0 Å². The molecule has 1 fully saturated rings. The van der Waals surface area contributed by atoms with E-state index in [-0.39, 0.29) is 11.6 Å². The van der Waals surface area contributed by atoms with E-state index in [9.17, 15) is 9.18 Å². The number of aromatic nitrogens is 1. The van der Waals surface area contributed by atoms with Crippen molar-refractivity contribution in [3.8, 4) is 0 Å². The van der Waals surface area contributed by atoms with Gasteiger partial charge in [-0.3, -0.25) is 4.79 Å². The Morgan fingerprint density at radius 1 is 1.15 bits per heavy atom. The topological polar surface area (TPSA) is 33.2 Å². The zero-order chi connectivity index (χ0) is 13.9. The van der Waals surface area contributed by atoms with Gasteiger partial charge in [0, 0.05) is 19.0 Å². The number of halogens is 1. The normalized spacial score (nSPS) is 18.2. The van der Waals surface area contributed by atoms with Gasteiger partial charge in [-0.05, 0) is 24.1 Å². The number of carbonyl (C=O) groups excluding carboxylic acids is 1. The van der Waals surface area contributed by atoms with Crippen LogP contribution in [0.5, 0.6) is 0 Å². The Kier molecular flexibility index (Phi) is 3.46. The van der Waals surface area contributed by atoms with Gasteiger partial charge in [0.1, 0.15) is 5.69 Å². The molecule has 3 nitrogen and oxygen atoms in total. The average Bonchev–Trinajstić information content (AvgIpc) is 2.97. The van der Waals surface area contributed by atoms with Crippen molar-refractivity contribution < 1.29 is 9.18 Å². The van der Waals surface area contributed by atoms with Crippen LogP contribution < -0.4 is 0 Å². The van der Waals surface area contributed by atoms with E-state index in [2.05, 4.69) is 17.1 Å². The highest BCUT2D eigenvalue weighted by Gasteiger charge is 2.28. The minimum absolute atomic E-state index is 0.179. The minimum atomic E-state index is -0.616. The van der Waals surface area contributed by atoms with E-state index in [0.29, 0.717) is 19.0 Å². The van der Waals surface area contributed by atoms with Gasteiger partial charge in [0.15, 0.2) is 0 Å². The molecule has 1 aromatic heterocycles. The van der Waals surface area contributed by atoms with Gasteiger partial charge in [-0.2, -0.15) is 4.39 Å². The largest absolute Gasteiger partial charge is 0.337 e. The summed E-state index contributed by atoms with van der Waals surface area (Å²) in [4.78, 5) is 17.7. The number of pyridine rings is 1. The van der Waals surface area contributed by atoms with Crippen LogP contribution in [0.4, 0.5) is 4.39 Å². The first-order valence-corrected chi connectivity index (χ1v) is 6.71. The van der Waals surface area contributed by atoms with Gasteiger partial charge in [0.05, 0.1) is 0 Å². The molecule has 0 saturated carbocycles. The first-order valence-electron chi connectivity index (χ1n) is 6.71. The van der Waals surface area contributed by atoms with Crippen LogP contribution in [-0.2, 0) is 0 Å². The molecule has 1 aromatic carbocycles. The molecule has 0 N–H and O–H groups in total. The third-order valence-corrected chi connectivity index (χ3v) is 3.68. The van der Waals surface area contributed by atoms with E-state index in [4.69, 9.17) is 0 Å². The van der Waals surface area contributed by atoms with Gasteiger partial charge in [0.2, 0.25) is 5.95 Å². The zero-order valence-corrected chi connectivity index (χ0v) is 11.0. The highest BCUT2D eigenvalue weighted by atomic mass is 19.1. The lowest BCUT2D eigenvalue weighted by Gasteiger charge is -2.16. The number of hydrogen-bond acceptors (Lipinski definition) is 2. The van der Waals surface area contributed by atoms with Crippen molar-refractivity contribution in [2.45, 2.75) is 12.3 Å². The van der Waals surface area contributed by atoms with Crippen LogP contribution in [0.3, 0.4) is 0 Å². The predicted octanol–water partition coefficient (Wildman–Crippen LogP) is 2.85. The van der Waals surface area contributed by atoms with Crippen molar-refractivity contribution in [2.75, 3.05) is 13.1 Å². The summed E-state index contributed by atoms with van der Waals surface area (Å²) in [5.41, 5.74) is 1.42. The van der Waals surface area contributed by atoms with Crippen LogP contribution in [0, 0.1) is 5.95 Å². The van der Waals surface area contributed by atoms with E-state index in [1.807, 2.05) is 18.2 Å². The monoisotopic (exact) mass is 270 g/mol. The fourth-order valence-corrected chi connectivity index (χ4v) is 2.63. The Balaban J connectivity index is 1.73. The van der Waals surface area contributed by atoms with Crippen LogP contribution in [-0.4, -0.2) is 28.9 Å². The van der Waals surface area contributed by atoms with Crippen LogP contribution in [0.2, 0.25) is 0 Å². The fourth-order valence-electron chi connectivity index (χ4n) is 2.63. The molecule has 1 aliphatic heterocycles. The molecule has 1 atom stereocenters. The minimum Gasteiger partial charge on any atom is -0.337 e. The van der Waals surface area contributed by atoms with Crippen LogP contribution in [0.15, 0.2) is 48.5 Å². The van der Waals surface area contributed by atoms with Gasteiger partial charge in [-0.15, -0.1) is 0 Å². The molecule has 2 heterocycles. The van der Waals surface area contributed by atoms with Crippen LogP contribution in [0.1, 0.15) is 28.4 Å². The Bertz CT molecular complexity index is 615. The lowest BCUT2D eigenvalue weighted by Crippen LogP contribution is -2.29. The maximum absolute atomic E-state index is 13.1. The lowest BCUT2D eigenvalue weighted by molar-refractivity contribution is 0.0783. The number of likely N-dealkylation sites (tertiary alicyclic amines) is 1. The second kappa shape index (κ2) is 5.41. The van der Waals surface area contributed by atoms with Crippen molar-refractivity contribution in [3.05, 3.63) is 65.7 Å². The maximum Gasteiger partial charge on any atom is 0.272 e. The van der Waals surface area contributed by atoms with Crippen molar-refractivity contribution >= 4 is 5.91 Å². The number of hydrogen-bond donors (Lipinski definition) is 0. The molecule has 0 spiro atoms. The van der Waals surface area contributed by atoms with Crippen molar-refractivity contribution in [1.82, 2.24) is 9.88 Å². The summed E-state index contributed by atoms with van der Waals surface area (Å²) in [6.45, 7) is 1.36. The zero-order valence-electron chi connectivity index (χ0n) is 11.0. The second-order valence-corrected chi connectivity index (χ2v) is 4.99. The lowest BCUT2D eigenvalue weighted by atomic mass is 9.99. The Morgan fingerprint density at radius 3 is 2.70 bits per heavy atom. The molecular weight excluding hydrogens is 255 g/mol. The summed E-state index contributed by atoms with van der Waals surface area (Å²) in [6, 6.07) is 14.5. The third-order valence-electron chi connectivity index (χ3n) is 3.68. The molecular formula is C16H15FN2O. The highest BCUT2D eigenvalue weighted by Crippen LogP contribution is 2.27. The number of carbonyl (C=O) groups is 1. The molecule has 0 aliphatic carbocycles. The van der Waals surface area contributed by atoms with Crippen molar-refractivity contribution in [1.29, 1.82) is 0 Å². The average molecular weight is 270 g/mol. The molecule has 4 heteroatoms. The predicted molar refractivity (Wildman–Crippen MR) is 73.9 cm³/mol. The fraction of sp³-hybridized carbons (Fsp3) is 0.250. The van der Waals surface area contributed by atoms with E-state index >= 15 is 0 Å². The molecule has 1 aliphatic rings. The standard InChI is InChI=1S/C16H15FN2O/c17-15-8-4-7-14(18-15)16(20)19-10-9-13(11-19)12-5-2-1-3-6-12/h1-8,13H,9-11H2. The van der Waals surface area contributed by atoms with E-state index < -0.39 is 5.95 Å². The van der Waals surface area contributed by atoms with Gasteiger partial charge < -0.3 is 4.90 Å². The maximum atomic E-state index is 13.1. The first-order chi connectivity index (χ1) is 9.74. The Morgan fingerprint density at radius 2 is 1.95 bits per heavy atom. The number of amides is 1. The van der Waals surface area contributed by atoms with E-state index in [0.717, 1.165) is 6.42 Å². The van der Waals surface area contributed by atoms with Crippen molar-refractivity contribution in [2.24, 2.45) is 0 Å². The summed E-state index contributed by atoms with van der Waals surface area (Å²) < 4.78 is 13.1. The van der Waals surface area contributed by atoms with Gasteiger partial charge in [-0.1, -0.05) is 36.4 Å². The SMILES string of the molecule is O=C(c1cccc(F)n1)N1CCC(c2ccccc2)C1. The summed E-state index contributed by atoms with van der Waals surface area (Å²) >= 11 is 0. The molecule has 1 unspecified atom stereocenters. The Labute approximate surface area is 117 Å². The molecule has 0 bridgehead atoms. The quantitative estimate of drug-likeness (QED) is 0.786. The number of benzene rings is 1. The van der Waals surface area contributed by atoms with E-state index in [1.165, 1.54) is 17.7 Å². The van der Waals surface area contributed by atoms with Gasteiger partial charge >= 0.3 is 0 Å². The second-order valence-electron chi connectivity index (χ2n) is 4.99. The molecule has 1 saturated heterocycles. The molecule has 3 rings (SSSR count). The van der Waals surface area contributed by atoms with Gasteiger partial charge in [0.25, 0.3) is 5.91 Å². The Hall–Kier alpha value is -2.23. The van der Waals surface area contributed by atoms with Crippen LogP contribution in [0.25, 0.3) is 0 Å². The molecule has 20 heavy (non-hydrogen) atoms. The third kappa shape index (κ3) is 2.54. The molecule has 2 aromatic rings. The molecule has 102 valence electrons. The number of rotatable bonds is 2.